The van der Waals surface area contributed by atoms with Crippen LogP contribution in [0, 0.1) is 5.92 Å². The van der Waals surface area contributed by atoms with Gasteiger partial charge in [0, 0.05) is 13.1 Å². The molecule has 5 heteroatoms. The highest BCUT2D eigenvalue weighted by molar-refractivity contribution is 5.23. The molecule has 1 aromatic rings. The maximum Gasteiger partial charge on any atom is 0.318 e. The summed E-state index contributed by atoms with van der Waals surface area (Å²) < 4.78 is 5.45. The van der Waals surface area contributed by atoms with Gasteiger partial charge in [-0.3, -0.25) is 0 Å². The topological polar surface area (TPSA) is 68.2 Å². The van der Waals surface area contributed by atoms with Crippen molar-refractivity contribution < 1.29 is 4.42 Å². The summed E-state index contributed by atoms with van der Waals surface area (Å²) in [6.07, 6.45) is 2.34. The molecule has 5 nitrogen and oxygen atoms in total. The number of hydrogen-bond acceptors (Lipinski definition) is 5. The fourth-order valence-corrected chi connectivity index (χ4v) is 1.66. The maximum absolute atomic E-state index is 5.45. The number of nitrogens with two attached hydrogens (primary N) is 1. The van der Waals surface area contributed by atoms with Crippen LogP contribution in [0.5, 0.6) is 0 Å². The van der Waals surface area contributed by atoms with E-state index in [4.69, 9.17) is 10.2 Å². The van der Waals surface area contributed by atoms with Gasteiger partial charge < -0.3 is 15.1 Å². The summed E-state index contributed by atoms with van der Waals surface area (Å²) in [6, 6.07) is 0.592. The average Bonchev–Trinajstić information content (AvgIpc) is 2.79. The molecule has 0 saturated heterocycles. The van der Waals surface area contributed by atoms with Crippen LogP contribution < -0.4 is 10.6 Å². The Bertz CT molecular complexity index is 296. The Balaban J connectivity index is 2.66. The molecule has 0 radical (unpaired) electrons. The standard InChI is InChI=1S/C11H22N4O/c1-4-9(5-2)8-15(6-3)11-14-13-10(7-12)16-11/h9H,4-8,12H2,1-3H3. The van der Waals surface area contributed by atoms with E-state index in [9.17, 15) is 0 Å². The van der Waals surface area contributed by atoms with Gasteiger partial charge in [-0.15, -0.1) is 5.10 Å². The molecule has 0 aliphatic rings. The predicted octanol–water partition coefficient (Wildman–Crippen LogP) is 1.79. The van der Waals surface area contributed by atoms with Gasteiger partial charge in [0.05, 0.1) is 6.54 Å². The van der Waals surface area contributed by atoms with Crippen LogP contribution in [0.15, 0.2) is 4.42 Å². The van der Waals surface area contributed by atoms with Crippen LogP contribution in [0.2, 0.25) is 0 Å². The first-order valence-electron chi connectivity index (χ1n) is 6.02. The van der Waals surface area contributed by atoms with Crippen molar-refractivity contribution >= 4 is 6.01 Å². The first-order valence-corrected chi connectivity index (χ1v) is 6.02. The second-order valence-corrected chi connectivity index (χ2v) is 3.90. The van der Waals surface area contributed by atoms with E-state index in [1.807, 2.05) is 0 Å². The third kappa shape index (κ3) is 3.20. The average molecular weight is 226 g/mol. The van der Waals surface area contributed by atoms with E-state index in [0.29, 0.717) is 24.4 Å². The van der Waals surface area contributed by atoms with Gasteiger partial charge in [0.1, 0.15) is 0 Å². The zero-order chi connectivity index (χ0) is 12.0. The van der Waals surface area contributed by atoms with Crippen molar-refractivity contribution in [1.82, 2.24) is 10.2 Å². The van der Waals surface area contributed by atoms with Crippen LogP contribution in [0.3, 0.4) is 0 Å². The smallest absolute Gasteiger partial charge is 0.318 e. The molecule has 0 fully saturated rings. The Morgan fingerprint density at radius 1 is 1.25 bits per heavy atom. The Labute approximate surface area is 97.0 Å². The second kappa shape index (κ2) is 6.48. The van der Waals surface area contributed by atoms with E-state index in [-0.39, 0.29) is 0 Å². The van der Waals surface area contributed by atoms with Gasteiger partial charge >= 0.3 is 6.01 Å². The summed E-state index contributed by atoms with van der Waals surface area (Å²) in [7, 11) is 0. The zero-order valence-corrected chi connectivity index (χ0v) is 10.4. The number of anilines is 1. The van der Waals surface area contributed by atoms with E-state index in [1.165, 1.54) is 12.8 Å². The SMILES string of the molecule is CCC(CC)CN(CC)c1nnc(CN)o1. The molecule has 0 spiro atoms. The molecule has 1 rings (SSSR count). The monoisotopic (exact) mass is 226 g/mol. The van der Waals surface area contributed by atoms with Crippen molar-refractivity contribution in [3.8, 4) is 0 Å². The molecule has 0 unspecified atom stereocenters. The highest BCUT2D eigenvalue weighted by Crippen LogP contribution is 2.16. The van der Waals surface area contributed by atoms with Crippen LogP contribution in [0.4, 0.5) is 6.01 Å². The fourth-order valence-electron chi connectivity index (χ4n) is 1.66. The zero-order valence-electron chi connectivity index (χ0n) is 10.4. The maximum atomic E-state index is 5.45. The summed E-state index contributed by atoms with van der Waals surface area (Å²) >= 11 is 0. The van der Waals surface area contributed by atoms with E-state index >= 15 is 0 Å². The van der Waals surface area contributed by atoms with Crippen molar-refractivity contribution in [3.63, 3.8) is 0 Å². The molecule has 0 aromatic carbocycles. The normalized spacial score (nSPS) is 11.1. The minimum absolute atomic E-state index is 0.301. The van der Waals surface area contributed by atoms with E-state index in [2.05, 4.69) is 35.9 Å². The molecule has 0 atom stereocenters. The summed E-state index contributed by atoms with van der Waals surface area (Å²) in [5, 5.41) is 7.89. The lowest BCUT2D eigenvalue weighted by molar-refractivity contribution is 0.442. The number of rotatable bonds is 7. The molecule has 1 aromatic heterocycles. The lowest BCUT2D eigenvalue weighted by atomic mass is 10.0. The summed E-state index contributed by atoms with van der Waals surface area (Å²) in [6.45, 7) is 8.66. The van der Waals surface area contributed by atoms with Crippen molar-refractivity contribution in [3.05, 3.63) is 5.89 Å². The second-order valence-electron chi connectivity index (χ2n) is 3.90. The Morgan fingerprint density at radius 3 is 2.38 bits per heavy atom. The highest BCUT2D eigenvalue weighted by atomic mass is 16.4. The van der Waals surface area contributed by atoms with E-state index in [1.54, 1.807) is 0 Å². The van der Waals surface area contributed by atoms with Crippen LogP contribution in [-0.2, 0) is 6.54 Å². The highest BCUT2D eigenvalue weighted by Gasteiger charge is 2.15. The van der Waals surface area contributed by atoms with Gasteiger partial charge in [0.2, 0.25) is 5.89 Å². The van der Waals surface area contributed by atoms with Gasteiger partial charge in [-0.2, -0.15) is 0 Å². The Morgan fingerprint density at radius 2 is 1.94 bits per heavy atom. The first-order chi connectivity index (χ1) is 7.74. The van der Waals surface area contributed by atoms with Gasteiger partial charge in [0.25, 0.3) is 0 Å². The molecule has 2 N–H and O–H groups in total. The van der Waals surface area contributed by atoms with Crippen LogP contribution in [0.1, 0.15) is 39.5 Å². The molecule has 0 amide bonds. The summed E-state index contributed by atoms with van der Waals surface area (Å²) in [5.41, 5.74) is 5.44. The fraction of sp³-hybridized carbons (Fsp3) is 0.818. The number of hydrogen-bond donors (Lipinski definition) is 1. The number of aromatic nitrogens is 2. The molecule has 0 saturated carbocycles. The van der Waals surface area contributed by atoms with Crippen molar-refractivity contribution in [1.29, 1.82) is 0 Å². The van der Waals surface area contributed by atoms with Crippen molar-refractivity contribution in [2.45, 2.75) is 40.2 Å². The lowest BCUT2D eigenvalue weighted by Crippen LogP contribution is -2.29. The minimum atomic E-state index is 0.301. The Kier molecular flexibility index (Phi) is 5.25. The molecule has 16 heavy (non-hydrogen) atoms. The Hall–Kier alpha value is -1.10. The quantitative estimate of drug-likeness (QED) is 0.767. The van der Waals surface area contributed by atoms with Gasteiger partial charge in [-0.05, 0) is 12.8 Å². The van der Waals surface area contributed by atoms with Gasteiger partial charge in [-0.1, -0.05) is 31.8 Å². The van der Waals surface area contributed by atoms with E-state index < -0.39 is 0 Å². The van der Waals surface area contributed by atoms with E-state index in [0.717, 1.165) is 13.1 Å². The largest absolute Gasteiger partial charge is 0.407 e. The molecular formula is C11H22N4O. The van der Waals surface area contributed by atoms with Crippen LogP contribution >= 0.6 is 0 Å². The van der Waals surface area contributed by atoms with Crippen LogP contribution in [0.25, 0.3) is 0 Å². The molecular weight excluding hydrogens is 204 g/mol. The molecule has 0 aliphatic carbocycles. The molecule has 0 bridgehead atoms. The minimum Gasteiger partial charge on any atom is -0.407 e. The molecule has 92 valence electrons. The number of nitrogens with zero attached hydrogens (tertiary/aromatic N) is 3. The first kappa shape index (κ1) is 13.0. The van der Waals surface area contributed by atoms with Gasteiger partial charge in [-0.25, -0.2) is 0 Å². The predicted molar refractivity (Wildman–Crippen MR) is 64.1 cm³/mol. The lowest BCUT2D eigenvalue weighted by Gasteiger charge is -2.23. The molecule has 0 aliphatic heterocycles. The summed E-state index contributed by atoms with van der Waals surface area (Å²) in [4.78, 5) is 2.11. The summed E-state index contributed by atoms with van der Waals surface area (Å²) in [5.74, 6) is 1.17. The molecule has 1 heterocycles. The van der Waals surface area contributed by atoms with Gasteiger partial charge in [0.15, 0.2) is 0 Å². The third-order valence-electron chi connectivity index (χ3n) is 2.92. The van der Waals surface area contributed by atoms with Crippen molar-refractivity contribution in [2.24, 2.45) is 11.7 Å². The third-order valence-corrected chi connectivity index (χ3v) is 2.92. The van der Waals surface area contributed by atoms with Crippen LogP contribution in [-0.4, -0.2) is 23.3 Å². The van der Waals surface area contributed by atoms with Crippen molar-refractivity contribution in [2.75, 3.05) is 18.0 Å².